The van der Waals surface area contributed by atoms with Gasteiger partial charge in [-0.3, -0.25) is 10.1 Å². The third-order valence-electron chi connectivity index (χ3n) is 2.40. The average Bonchev–Trinajstić information content (AvgIpc) is 2.46. The Balaban J connectivity index is 2.21. The first-order chi connectivity index (χ1) is 9.61. The summed E-state index contributed by atoms with van der Waals surface area (Å²) in [4.78, 5) is 18.2. The van der Waals surface area contributed by atoms with Gasteiger partial charge < -0.3 is 5.43 Å². The van der Waals surface area contributed by atoms with Crippen molar-refractivity contribution in [3.8, 4) is 0 Å². The quantitative estimate of drug-likeness (QED) is 0.287. The van der Waals surface area contributed by atoms with E-state index in [1.165, 1.54) is 18.1 Å². The van der Waals surface area contributed by atoms with Gasteiger partial charge in [-0.2, -0.15) is 0 Å². The number of hydrogen-bond donors (Lipinski definition) is 2. The van der Waals surface area contributed by atoms with Gasteiger partial charge >= 0.3 is 5.69 Å². The number of thioether (sulfide) groups is 1. The lowest BCUT2D eigenvalue weighted by atomic mass is 10.2. The van der Waals surface area contributed by atoms with Gasteiger partial charge in [-0.25, -0.2) is 15.8 Å². The van der Waals surface area contributed by atoms with E-state index in [1.54, 1.807) is 12.1 Å². The molecule has 1 aromatic heterocycles. The fourth-order valence-electron chi connectivity index (χ4n) is 1.47. The van der Waals surface area contributed by atoms with Gasteiger partial charge in [-0.05, 0) is 17.7 Å². The molecule has 1 aromatic carbocycles. The molecule has 20 heavy (non-hydrogen) atoms. The lowest BCUT2D eigenvalue weighted by Gasteiger charge is -2.05. The van der Waals surface area contributed by atoms with Crippen LogP contribution in [0.3, 0.4) is 0 Å². The largest absolute Gasteiger partial charge is 0.344 e. The van der Waals surface area contributed by atoms with Gasteiger partial charge in [0.25, 0.3) is 0 Å². The third kappa shape index (κ3) is 3.35. The summed E-state index contributed by atoms with van der Waals surface area (Å²) in [5.74, 6) is 5.73. The lowest BCUT2D eigenvalue weighted by molar-refractivity contribution is -0.387. The van der Waals surface area contributed by atoms with E-state index in [-0.39, 0.29) is 16.5 Å². The molecule has 0 unspecified atom stereocenters. The number of rotatable bonds is 5. The van der Waals surface area contributed by atoms with Gasteiger partial charge in [-0.15, -0.1) is 0 Å². The first kappa shape index (κ1) is 14.5. The van der Waals surface area contributed by atoms with Gasteiger partial charge in [0.1, 0.15) is 6.33 Å². The smallest absolute Gasteiger partial charge is 0.303 e. The molecule has 0 aliphatic rings. The Bertz CT molecular complexity index is 623. The highest BCUT2D eigenvalue weighted by atomic mass is 35.5. The highest BCUT2D eigenvalue weighted by Gasteiger charge is 2.22. The standard InChI is InChI=1S/C11H10ClN5O2S/c12-8-3-1-7(2-4-8)5-20-11-9(17(18)19)10(16-13)14-6-15-11/h1-4,6H,5,13H2,(H,14,15,16). The molecule has 2 rings (SSSR count). The van der Waals surface area contributed by atoms with Crippen LogP contribution in [0, 0.1) is 10.1 Å². The van der Waals surface area contributed by atoms with Gasteiger partial charge in [0.15, 0.2) is 5.03 Å². The first-order valence-corrected chi connectivity index (χ1v) is 6.81. The summed E-state index contributed by atoms with van der Waals surface area (Å²) in [5.41, 5.74) is 2.95. The number of nitrogens with one attached hydrogen (secondary N) is 1. The van der Waals surface area contributed by atoms with E-state index in [1.807, 2.05) is 12.1 Å². The van der Waals surface area contributed by atoms with Gasteiger partial charge in [-0.1, -0.05) is 35.5 Å². The number of nitro groups is 1. The molecule has 0 aliphatic carbocycles. The second-order valence-corrected chi connectivity index (χ2v) is 5.09. The fourth-order valence-corrected chi connectivity index (χ4v) is 2.52. The van der Waals surface area contributed by atoms with Gasteiger partial charge in [0.05, 0.1) is 4.92 Å². The molecule has 0 radical (unpaired) electrons. The van der Waals surface area contributed by atoms with E-state index in [2.05, 4.69) is 15.4 Å². The van der Waals surface area contributed by atoms with Crippen molar-refractivity contribution in [3.05, 3.63) is 51.3 Å². The number of nitrogens with zero attached hydrogens (tertiary/aromatic N) is 3. The molecule has 0 bridgehead atoms. The van der Waals surface area contributed by atoms with E-state index >= 15 is 0 Å². The number of halogens is 1. The zero-order chi connectivity index (χ0) is 14.5. The number of hydrogen-bond acceptors (Lipinski definition) is 7. The van der Waals surface area contributed by atoms with Gasteiger partial charge in [0.2, 0.25) is 5.82 Å². The van der Waals surface area contributed by atoms with Crippen LogP contribution in [0.25, 0.3) is 0 Å². The monoisotopic (exact) mass is 311 g/mol. The Labute approximate surface area is 123 Å². The number of aromatic nitrogens is 2. The minimum atomic E-state index is -0.556. The first-order valence-electron chi connectivity index (χ1n) is 5.45. The molecule has 104 valence electrons. The minimum absolute atomic E-state index is 0.0105. The van der Waals surface area contributed by atoms with E-state index in [0.29, 0.717) is 10.8 Å². The molecule has 0 aliphatic heterocycles. The number of anilines is 1. The Hall–Kier alpha value is -1.90. The normalized spacial score (nSPS) is 10.3. The van der Waals surface area contributed by atoms with Gasteiger partial charge in [0, 0.05) is 10.8 Å². The van der Waals surface area contributed by atoms with Crippen molar-refractivity contribution in [2.45, 2.75) is 10.8 Å². The van der Waals surface area contributed by atoms with E-state index in [0.717, 1.165) is 5.56 Å². The molecular weight excluding hydrogens is 302 g/mol. The highest BCUT2D eigenvalue weighted by Crippen LogP contribution is 2.33. The van der Waals surface area contributed by atoms with E-state index in [4.69, 9.17) is 17.4 Å². The topological polar surface area (TPSA) is 107 Å². The molecule has 0 fully saturated rings. The second kappa shape index (κ2) is 6.51. The van der Waals surface area contributed by atoms with Crippen LogP contribution in [0.2, 0.25) is 5.02 Å². The predicted octanol–water partition coefficient (Wildman–Crippen LogP) is 2.62. The molecule has 2 aromatic rings. The Kier molecular flexibility index (Phi) is 4.72. The van der Waals surface area contributed by atoms with Crippen molar-refractivity contribution >= 4 is 34.9 Å². The van der Waals surface area contributed by atoms with Crippen molar-refractivity contribution < 1.29 is 4.92 Å². The van der Waals surface area contributed by atoms with Crippen LogP contribution < -0.4 is 11.3 Å². The number of nitrogen functional groups attached to an aromatic ring is 1. The maximum atomic E-state index is 11.1. The highest BCUT2D eigenvalue weighted by molar-refractivity contribution is 7.98. The zero-order valence-corrected chi connectivity index (χ0v) is 11.7. The summed E-state index contributed by atoms with van der Waals surface area (Å²) in [7, 11) is 0. The van der Waals surface area contributed by atoms with Crippen molar-refractivity contribution in [1.82, 2.24) is 9.97 Å². The molecule has 9 heteroatoms. The van der Waals surface area contributed by atoms with Crippen molar-refractivity contribution in [3.63, 3.8) is 0 Å². The fraction of sp³-hybridized carbons (Fsp3) is 0.0909. The number of nitrogens with two attached hydrogens (primary N) is 1. The Morgan fingerprint density at radius 2 is 2.05 bits per heavy atom. The maximum absolute atomic E-state index is 11.1. The summed E-state index contributed by atoms with van der Waals surface area (Å²) in [6.45, 7) is 0. The van der Waals surface area contributed by atoms with E-state index < -0.39 is 4.92 Å². The minimum Gasteiger partial charge on any atom is -0.303 e. The van der Waals surface area contributed by atoms with Crippen molar-refractivity contribution in [2.75, 3.05) is 5.43 Å². The number of benzene rings is 1. The van der Waals surface area contributed by atoms with Crippen molar-refractivity contribution in [1.29, 1.82) is 0 Å². The summed E-state index contributed by atoms with van der Waals surface area (Å²) < 4.78 is 0. The zero-order valence-electron chi connectivity index (χ0n) is 10.1. The molecule has 0 amide bonds. The van der Waals surface area contributed by atoms with Crippen LogP contribution in [0.5, 0.6) is 0 Å². The van der Waals surface area contributed by atoms with Crippen molar-refractivity contribution in [2.24, 2.45) is 5.84 Å². The van der Waals surface area contributed by atoms with Crippen LogP contribution in [0.4, 0.5) is 11.5 Å². The maximum Gasteiger partial charge on any atom is 0.344 e. The Morgan fingerprint density at radius 3 is 2.65 bits per heavy atom. The summed E-state index contributed by atoms with van der Waals surface area (Å²) >= 11 is 7.03. The molecule has 3 N–H and O–H groups in total. The summed E-state index contributed by atoms with van der Waals surface area (Å²) in [6, 6.07) is 7.23. The van der Waals surface area contributed by atoms with Crippen LogP contribution in [-0.4, -0.2) is 14.9 Å². The van der Waals surface area contributed by atoms with E-state index in [9.17, 15) is 10.1 Å². The lowest BCUT2D eigenvalue weighted by Crippen LogP contribution is -2.12. The van der Waals surface area contributed by atoms with Crippen LogP contribution in [0.1, 0.15) is 5.56 Å². The SMILES string of the molecule is NNc1ncnc(SCc2ccc(Cl)cc2)c1[N+](=O)[O-]. The molecule has 0 atom stereocenters. The molecule has 7 nitrogen and oxygen atoms in total. The predicted molar refractivity (Wildman–Crippen MR) is 77.5 cm³/mol. The van der Waals surface area contributed by atoms with Crippen LogP contribution in [0.15, 0.2) is 35.6 Å². The molecule has 0 saturated carbocycles. The molecule has 0 spiro atoms. The second-order valence-electron chi connectivity index (χ2n) is 3.69. The van der Waals surface area contributed by atoms with Crippen LogP contribution >= 0.6 is 23.4 Å². The van der Waals surface area contributed by atoms with Crippen LogP contribution in [-0.2, 0) is 5.75 Å². The number of hydrazine groups is 1. The molecule has 1 heterocycles. The summed E-state index contributed by atoms with van der Waals surface area (Å²) in [5, 5.41) is 12.0. The average molecular weight is 312 g/mol. The molecular formula is C11H10ClN5O2S. The molecule has 0 saturated heterocycles. The third-order valence-corrected chi connectivity index (χ3v) is 3.70. The summed E-state index contributed by atoms with van der Waals surface area (Å²) in [6.07, 6.45) is 1.23. The Morgan fingerprint density at radius 1 is 1.35 bits per heavy atom.